The highest BCUT2D eigenvalue weighted by molar-refractivity contribution is 7.99. The van der Waals surface area contributed by atoms with Crippen LogP contribution in [0.1, 0.15) is 31.7 Å². The lowest BCUT2D eigenvalue weighted by Gasteiger charge is -2.24. The molecule has 3 N–H and O–H groups in total. The first-order valence-corrected chi connectivity index (χ1v) is 16.6. The summed E-state index contributed by atoms with van der Waals surface area (Å²) in [6.45, 7) is 1.85. The van der Waals surface area contributed by atoms with E-state index < -0.39 is 51.9 Å². The number of carbonyl (C=O) groups excluding carboxylic acids is 3. The van der Waals surface area contributed by atoms with E-state index in [1.54, 1.807) is 36.4 Å². The van der Waals surface area contributed by atoms with Crippen molar-refractivity contribution in [1.29, 1.82) is 0 Å². The Labute approximate surface area is 260 Å². The third-order valence-electron chi connectivity index (χ3n) is 6.55. The number of nitrogens with one attached hydrogen (secondary N) is 3. The zero-order chi connectivity index (χ0) is 31.4. The highest BCUT2D eigenvalue weighted by Crippen LogP contribution is 2.28. The van der Waals surface area contributed by atoms with Gasteiger partial charge >= 0.3 is 6.09 Å². The summed E-state index contributed by atoms with van der Waals surface area (Å²) in [5, 5.41) is 4.82. The molecule has 3 amide bonds. The van der Waals surface area contributed by atoms with E-state index in [0.29, 0.717) is 13.0 Å². The first-order valence-electron chi connectivity index (χ1n) is 14.1. The van der Waals surface area contributed by atoms with E-state index >= 15 is 0 Å². The fourth-order valence-corrected chi connectivity index (χ4v) is 6.40. The maximum atomic E-state index is 13.4. The Morgan fingerprint density at radius 1 is 0.886 bits per heavy atom. The second-order valence-corrected chi connectivity index (χ2v) is 13.2. The summed E-state index contributed by atoms with van der Waals surface area (Å²) in [7, 11) is -4.05. The minimum absolute atomic E-state index is 0.00644. The van der Waals surface area contributed by atoms with Crippen LogP contribution in [0.5, 0.6) is 0 Å². The average Bonchev–Trinajstić information content (AvgIpc) is 3.04. The third-order valence-corrected chi connectivity index (χ3v) is 9.33. The molecule has 1 aliphatic rings. The molecule has 0 radical (unpaired) electrons. The van der Waals surface area contributed by atoms with Gasteiger partial charge in [0.1, 0.15) is 18.7 Å². The van der Waals surface area contributed by atoms with Gasteiger partial charge in [-0.1, -0.05) is 60.3 Å². The van der Waals surface area contributed by atoms with Crippen LogP contribution < -0.4 is 16.1 Å². The third kappa shape index (κ3) is 10.4. The van der Waals surface area contributed by atoms with Crippen molar-refractivity contribution in [3.8, 4) is 0 Å². The number of carbonyl (C=O) groups is 3. The average molecular weight is 642 g/mol. The summed E-state index contributed by atoms with van der Waals surface area (Å²) in [6.07, 6.45) is 0.727. The first kappa shape index (κ1) is 33.0. The Morgan fingerprint density at radius 2 is 1.55 bits per heavy atom. The lowest BCUT2D eigenvalue weighted by molar-refractivity contribution is -0.201. The molecule has 3 aromatic rings. The molecular formula is C31H35N3O8S2. The normalized spacial score (nSPS) is 16.2. The van der Waals surface area contributed by atoms with Gasteiger partial charge in [0.05, 0.1) is 10.6 Å². The standard InChI is InChI=1S/C31H35N3O8S2/c1-22(32-31(37)41-20-23-10-4-2-5-11-23)29(35)33-27(30(36)34-42-28-14-8-9-19-40-28)21-44(38,39)26-17-15-25(16-18-26)43-24-12-6-3-7-13-24/h2-7,10-13,15-18,22,27-28H,8-9,14,19-21H2,1H3,(H,32,37)(H,33,35)(H,34,36). The lowest BCUT2D eigenvalue weighted by Crippen LogP contribution is -2.55. The van der Waals surface area contributed by atoms with Gasteiger partial charge in [-0.05, 0) is 61.7 Å². The highest BCUT2D eigenvalue weighted by atomic mass is 32.2. The van der Waals surface area contributed by atoms with Crippen molar-refractivity contribution < 1.29 is 37.1 Å². The van der Waals surface area contributed by atoms with Crippen LogP contribution in [0.3, 0.4) is 0 Å². The fraction of sp³-hybridized carbons (Fsp3) is 0.323. The van der Waals surface area contributed by atoms with Crippen molar-refractivity contribution in [1.82, 2.24) is 16.1 Å². The van der Waals surface area contributed by atoms with Crippen LogP contribution in [0.2, 0.25) is 0 Å². The molecule has 3 unspecified atom stereocenters. The zero-order valence-corrected chi connectivity index (χ0v) is 25.8. The van der Waals surface area contributed by atoms with Crippen molar-refractivity contribution in [2.45, 2.75) is 65.9 Å². The smallest absolute Gasteiger partial charge is 0.408 e. The summed E-state index contributed by atoms with van der Waals surface area (Å²) in [6, 6.07) is 22.2. The van der Waals surface area contributed by atoms with Gasteiger partial charge < -0.3 is 20.1 Å². The van der Waals surface area contributed by atoms with Crippen LogP contribution in [0, 0.1) is 0 Å². The van der Waals surface area contributed by atoms with Crippen LogP contribution in [0.4, 0.5) is 4.79 Å². The van der Waals surface area contributed by atoms with E-state index in [0.717, 1.165) is 28.2 Å². The maximum Gasteiger partial charge on any atom is 0.408 e. The van der Waals surface area contributed by atoms with Crippen molar-refractivity contribution in [3.05, 3.63) is 90.5 Å². The zero-order valence-electron chi connectivity index (χ0n) is 24.1. The van der Waals surface area contributed by atoms with E-state index in [4.69, 9.17) is 14.3 Å². The minimum Gasteiger partial charge on any atom is -0.445 e. The molecule has 3 aromatic carbocycles. The minimum atomic E-state index is -4.05. The lowest BCUT2D eigenvalue weighted by atomic mass is 10.2. The summed E-state index contributed by atoms with van der Waals surface area (Å²) < 4.78 is 37.4. The number of rotatable bonds is 13. The molecule has 234 valence electrons. The Bertz CT molecular complexity index is 1480. The van der Waals surface area contributed by atoms with E-state index in [9.17, 15) is 22.8 Å². The van der Waals surface area contributed by atoms with Crippen LogP contribution in [0.25, 0.3) is 0 Å². The molecule has 4 rings (SSSR count). The summed E-state index contributed by atoms with van der Waals surface area (Å²) in [4.78, 5) is 45.5. The molecule has 3 atom stereocenters. The molecule has 1 heterocycles. The number of hydroxylamine groups is 1. The van der Waals surface area contributed by atoms with Crippen molar-refractivity contribution in [2.75, 3.05) is 12.4 Å². The molecule has 44 heavy (non-hydrogen) atoms. The first-order chi connectivity index (χ1) is 21.2. The molecule has 1 fully saturated rings. The fourth-order valence-electron chi connectivity index (χ4n) is 4.14. The van der Waals surface area contributed by atoms with Crippen molar-refractivity contribution >= 4 is 39.5 Å². The van der Waals surface area contributed by atoms with Gasteiger partial charge in [0, 0.05) is 22.8 Å². The van der Waals surface area contributed by atoms with Crippen molar-refractivity contribution in [3.63, 3.8) is 0 Å². The van der Waals surface area contributed by atoms with Gasteiger partial charge in [0.15, 0.2) is 16.1 Å². The van der Waals surface area contributed by atoms with Crippen LogP contribution in [0.15, 0.2) is 99.6 Å². The van der Waals surface area contributed by atoms with Crippen LogP contribution in [-0.4, -0.2) is 57.1 Å². The molecule has 1 aliphatic heterocycles. The van der Waals surface area contributed by atoms with E-state index in [1.807, 2.05) is 36.4 Å². The number of benzene rings is 3. The van der Waals surface area contributed by atoms with Crippen LogP contribution >= 0.6 is 11.8 Å². The molecule has 1 saturated heterocycles. The van der Waals surface area contributed by atoms with Crippen molar-refractivity contribution in [2.24, 2.45) is 0 Å². The SMILES string of the molecule is CC(NC(=O)OCc1ccccc1)C(=O)NC(CS(=O)(=O)c1ccc(Sc2ccccc2)cc1)C(=O)NOC1CCCCO1. The van der Waals surface area contributed by atoms with Gasteiger partial charge in [0.25, 0.3) is 5.91 Å². The maximum absolute atomic E-state index is 13.4. The number of alkyl carbamates (subject to hydrolysis) is 1. The Balaban J connectivity index is 1.40. The molecule has 0 aliphatic carbocycles. The summed E-state index contributed by atoms with van der Waals surface area (Å²) >= 11 is 1.48. The Morgan fingerprint density at radius 3 is 2.20 bits per heavy atom. The Hall–Kier alpha value is -3.91. The number of amides is 3. The van der Waals surface area contributed by atoms with E-state index in [1.165, 1.54) is 30.8 Å². The van der Waals surface area contributed by atoms with Gasteiger partial charge in [-0.25, -0.2) is 23.5 Å². The van der Waals surface area contributed by atoms with Gasteiger partial charge in [-0.2, -0.15) is 0 Å². The molecule has 0 saturated carbocycles. The van der Waals surface area contributed by atoms with Gasteiger partial charge in [0.2, 0.25) is 5.91 Å². The second kappa shape index (κ2) is 16.2. The molecule has 13 heteroatoms. The summed E-state index contributed by atoms with van der Waals surface area (Å²) in [5.41, 5.74) is 2.99. The van der Waals surface area contributed by atoms with Crippen LogP contribution in [-0.2, 0) is 40.3 Å². The molecule has 0 spiro atoms. The van der Waals surface area contributed by atoms with E-state index in [-0.39, 0.29) is 11.5 Å². The molecular weight excluding hydrogens is 606 g/mol. The second-order valence-electron chi connectivity index (χ2n) is 10.0. The van der Waals surface area contributed by atoms with E-state index in [2.05, 4.69) is 16.1 Å². The number of sulfone groups is 1. The topological polar surface area (TPSA) is 149 Å². The predicted molar refractivity (Wildman–Crippen MR) is 163 cm³/mol. The van der Waals surface area contributed by atoms with Gasteiger partial charge in [-0.15, -0.1) is 0 Å². The monoisotopic (exact) mass is 641 g/mol. The quantitative estimate of drug-likeness (QED) is 0.236. The largest absolute Gasteiger partial charge is 0.445 e. The predicted octanol–water partition coefficient (Wildman–Crippen LogP) is 3.99. The molecule has 11 nitrogen and oxygen atoms in total. The number of ether oxygens (including phenoxy) is 2. The molecule has 0 bridgehead atoms. The highest BCUT2D eigenvalue weighted by Gasteiger charge is 2.31. The van der Waals surface area contributed by atoms with Gasteiger partial charge in [-0.3, -0.25) is 9.59 Å². The number of hydrogen-bond donors (Lipinski definition) is 3. The summed E-state index contributed by atoms with van der Waals surface area (Å²) in [5.74, 6) is -2.43. The molecule has 0 aromatic heterocycles. The Kier molecular flexibility index (Phi) is 12.2. The number of hydrogen-bond acceptors (Lipinski definition) is 9.